The second kappa shape index (κ2) is 15.8. The topological polar surface area (TPSA) is 188 Å². The lowest BCUT2D eigenvalue weighted by atomic mass is 9.81. The van der Waals surface area contributed by atoms with Crippen LogP contribution in [0.25, 0.3) is 0 Å². The molecule has 0 radical (unpaired) electrons. The smallest absolute Gasteiger partial charge is 0.289 e. The van der Waals surface area contributed by atoms with E-state index in [4.69, 9.17) is 0 Å². The van der Waals surface area contributed by atoms with E-state index in [9.17, 15) is 28.8 Å². The fraction of sp³-hybridized carbons (Fsp3) is 0.722. The molecule has 4 fully saturated rings. The number of rotatable bonds is 14. The Morgan fingerprint density at radius 3 is 2.18 bits per heavy atom. The maximum Gasteiger partial charge on any atom is 0.289 e. The van der Waals surface area contributed by atoms with Gasteiger partial charge in [0.15, 0.2) is 0 Å². The fourth-order valence-corrected chi connectivity index (χ4v) is 8.00. The Morgan fingerprint density at radius 2 is 1.55 bits per heavy atom. The van der Waals surface area contributed by atoms with E-state index >= 15 is 0 Å². The normalized spacial score (nSPS) is 25.4. The van der Waals surface area contributed by atoms with E-state index in [2.05, 4.69) is 36.6 Å². The van der Waals surface area contributed by atoms with Gasteiger partial charge in [-0.25, -0.2) is 4.98 Å². The average Bonchev–Trinajstić information content (AvgIpc) is 3.66. The monoisotopic (exact) mass is 679 g/mol. The van der Waals surface area contributed by atoms with Crippen LogP contribution in [-0.2, 0) is 24.0 Å². The van der Waals surface area contributed by atoms with E-state index in [1.165, 1.54) is 18.6 Å². The third-order valence-electron chi connectivity index (χ3n) is 10.8. The molecule has 1 unspecified atom stereocenters. The zero-order valence-corrected chi connectivity index (χ0v) is 29.3. The summed E-state index contributed by atoms with van der Waals surface area (Å²) in [7, 11) is 0. The Kier molecular flexibility index (Phi) is 11.7. The molecule has 2 bridgehead atoms. The first kappa shape index (κ1) is 36.4. The molecule has 13 nitrogen and oxygen atoms in total. The van der Waals surface area contributed by atoms with E-state index in [1.807, 2.05) is 27.7 Å². The van der Waals surface area contributed by atoms with Crippen molar-refractivity contribution < 1.29 is 28.8 Å². The zero-order valence-electron chi connectivity index (χ0n) is 29.3. The van der Waals surface area contributed by atoms with Gasteiger partial charge in [0.2, 0.25) is 23.5 Å². The highest BCUT2D eigenvalue weighted by molar-refractivity contribution is 6.38. The molecule has 5 amide bonds. The van der Waals surface area contributed by atoms with E-state index in [0.717, 1.165) is 64.2 Å². The summed E-state index contributed by atoms with van der Waals surface area (Å²) in [5.74, 6) is -3.50. The van der Waals surface area contributed by atoms with Crippen LogP contribution in [0.1, 0.15) is 115 Å². The maximum atomic E-state index is 14.1. The van der Waals surface area contributed by atoms with Crippen LogP contribution >= 0.6 is 0 Å². The summed E-state index contributed by atoms with van der Waals surface area (Å²) in [5, 5.41) is 14.6. The van der Waals surface area contributed by atoms with Gasteiger partial charge in [0.25, 0.3) is 11.8 Å². The second-order valence-electron chi connectivity index (χ2n) is 15.6. The molecular weight excluding hydrogens is 626 g/mol. The van der Waals surface area contributed by atoms with Crippen molar-refractivity contribution in [1.82, 2.24) is 36.6 Å². The molecule has 0 aromatic carbocycles. The molecule has 4 aliphatic rings. The first-order chi connectivity index (χ1) is 23.4. The molecule has 5 rings (SSSR count). The largest absolute Gasteiger partial charge is 0.350 e. The molecule has 49 heavy (non-hydrogen) atoms. The van der Waals surface area contributed by atoms with Crippen LogP contribution in [0.15, 0.2) is 18.6 Å². The minimum Gasteiger partial charge on any atom is -0.350 e. The van der Waals surface area contributed by atoms with Crippen molar-refractivity contribution in [2.75, 3.05) is 0 Å². The standard InChI is InChI=1S/C36H53N7O6/c1-5-9-24(29(44)34(48)39-23-14-15-23)40-32(46)26-21-12-13-22(18-21)27(26)41-35(49)30(36(2,3)4)43-33(47)28(20-10-7-6-8-11-20)42-31(45)25-19-37-16-17-38-25/h16-17,19-24,26-28,30H,5-15,18H2,1-4H3,(H,39,48)(H,40,46)(H,41,49)(H,42,45)(H,43,47)/t21-,22+,24?,26-,27+,28+,30-/m1/s1. The van der Waals surface area contributed by atoms with Gasteiger partial charge in [0.05, 0.1) is 18.2 Å². The van der Waals surface area contributed by atoms with E-state index in [1.54, 1.807) is 0 Å². The molecular formula is C36H53N7O6. The average molecular weight is 680 g/mol. The van der Waals surface area contributed by atoms with Gasteiger partial charge in [-0.1, -0.05) is 53.4 Å². The van der Waals surface area contributed by atoms with E-state index < -0.39 is 64.9 Å². The van der Waals surface area contributed by atoms with Crippen LogP contribution in [0.2, 0.25) is 0 Å². The van der Waals surface area contributed by atoms with Crippen molar-refractivity contribution in [3.8, 4) is 0 Å². The van der Waals surface area contributed by atoms with E-state index in [-0.39, 0.29) is 35.4 Å². The molecule has 4 saturated carbocycles. The van der Waals surface area contributed by atoms with Crippen LogP contribution < -0.4 is 26.6 Å². The molecule has 5 N–H and O–H groups in total. The summed E-state index contributed by atoms with van der Waals surface area (Å²) in [6.45, 7) is 7.49. The Hall–Kier alpha value is -3.90. The van der Waals surface area contributed by atoms with Gasteiger partial charge in [-0.15, -0.1) is 0 Å². The lowest BCUT2D eigenvalue weighted by Gasteiger charge is -2.37. The second-order valence-corrected chi connectivity index (χ2v) is 15.6. The quantitative estimate of drug-likeness (QED) is 0.185. The van der Waals surface area contributed by atoms with E-state index in [0.29, 0.717) is 12.8 Å². The van der Waals surface area contributed by atoms with Crippen molar-refractivity contribution in [3.63, 3.8) is 0 Å². The van der Waals surface area contributed by atoms with Gasteiger partial charge in [0.1, 0.15) is 17.8 Å². The third kappa shape index (κ3) is 9.02. The Bertz CT molecular complexity index is 1390. The van der Waals surface area contributed by atoms with Crippen molar-refractivity contribution in [1.29, 1.82) is 0 Å². The highest BCUT2D eigenvalue weighted by Crippen LogP contribution is 2.49. The molecule has 0 spiro atoms. The molecule has 1 heterocycles. The number of aromatic nitrogens is 2. The fourth-order valence-electron chi connectivity index (χ4n) is 8.00. The third-order valence-corrected chi connectivity index (χ3v) is 10.8. The van der Waals surface area contributed by atoms with Gasteiger partial charge >= 0.3 is 0 Å². The number of nitrogens with one attached hydrogen (secondary N) is 5. The Balaban J connectivity index is 1.29. The van der Waals surface area contributed by atoms with Crippen molar-refractivity contribution >= 4 is 35.3 Å². The van der Waals surface area contributed by atoms with Crippen LogP contribution in [0.4, 0.5) is 0 Å². The van der Waals surface area contributed by atoms with Gasteiger partial charge in [0, 0.05) is 24.5 Å². The van der Waals surface area contributed by atoms with Gasteiger partial charge < -0.3 is 26.6 Å². The highest BCUT2D eigenvalue weighted by atomic mass is 16.2. The molecule has 0 saturated heterocycles. The lowest BCUT2D eigenvalue weighted by Crippen LogP contribution is -2.62. The molecule has 0 aliphatic heterocycles. The SMILES string of the molecule is CCCC(NC(=O)[C@@H]1[C@@H]2CC[C@@H](C2)[C@@H]1NC(=O)[C@@H](NC(=O)[C@@H](NC(=O)c1cnccn1)C1CCCCC1)C(C)(C)C)C(=O)C(=O)NC1CC1. The number of fused-ring (bicyclic) bond motifs is 2. The number of hydrogen-bond acceptors (Lipinski definition) is 8. The maximum absolute atomic E-state index is 14.1. The van der Waals surface area contributed by atoms with Gasteiger partial charge in [-0.05, 0) is 74.5 Å². The molecule has 7 atom stereocenters. The van der Waals surface area contributed by atoms with Crippen molar-refractivity contribution in [3.05, 3.63) is 24.3 Å². The first-order valence-corrected chi connectivity index (χ1v) is 18.2. The number of carbonyl (C=O) groups is 6. The summed E-state index contributed by atoms with van der Waals surface area (Å²) in [5.41, 5.74) is -0.595. The number of amides is 5. The van der Waals surface area contributed by atoms with Crippen LogP contribution in [0.3, 0.4) is 0 Å². The predicted octanol–water partition coefficient (Wildman–Crippen LogP) is 2.35. The molecule has 1 aromatic rings. The number of carbonyl (C=O) groups excluding carboxylic acids is 6. The van der Waals surface area contributed by atoms with Crippen LogP contribution in [0.5, 0.6) is 0 Å². The summed E-state index contributed by atoms with van der Waals surface area (Å²) in [6, 6.07) is -3.19. The van der Waals surface area contributed by atoms with Gasteiger partial charge in [-0.2, -0.15) is 0 Å². The molecule has 4 aliphatic carbocycles. The highest BCUT2D eigenvalue weighted by Gasteiger charge is 2.53. The summed E-state index contributed by atoms with van der Waals surface area (Å²) < 4.78 is 0. The van der Waals surface area contributed by atoms with Crippen molar-refractivity contribution in [2.24, 2.45) is 29.1 Å². The minimum absolute atomic E-state index is 0.0308. The molecule has 1 aromatic heterocycles. The minimum atomic E-state index is -0.956. The number of ketones is 1. The number of Topliss-reactive ketones (excluding diaryl/α,β-unsaturated/α-hetero) is 1. The summed E-state index contributed by atoms with van der Waals surface area (Å²) in [4.78, 5) is 88.7. The number of hydrogen-bond donors (Lipinski definition) is 5. The van der Waals surface area contributed by atoms with Crippen molar-refractivity contribution in [2.45, 2.75) is 135 Å². The van der Waals surface area contributed by atoms with Crippen LogP contribution in [-0.4, -0.2) is 75.5 Å². The first-order valence-electron chi connectivity index (χ1n) is 18.2. The zero-order chi connectivity index (χ0) is 35.3. The van der Waals surface area contributed by atoms with Crippen LogP contribution in [0, 0.1) is 29.1 Å². The predicted molar refractivity (Wildman–Crippen MR) is 181 cm³/mol. The summed E-state index contributed by atoms with van der Waals surface area (Å²) >= 11 is 0. The van der Waals surface area contributed by atoms with Gasteiger partial charge in [-0.3, -0.25) is 33.8 Å². The Morgan fingerprint density at radius 1 is 0.837 bits per heavy atom. The molecule has 268 valence electrons. The Labute approximate surface area is 288 Å². The number of nitrogens with zero attached hydrogens (tertiary/aromatic N) is 2. The summed E-state index contributed by atoms with van der Waals surface area (Å²) in [6.07, 6.45) is 13.9. The molecule has 13 heteroatoms. The lowest BCUT2D eigenvalue weighted by molar-refractivity contribution is -0.141.